The van der Waals surface area contributed by atoms with E-state index in [1.807, 2.05) is 29.2 Å². The number of carbonyl (C=O) groups excluding carboxylic acids is 1. The van der Waals surface area contributed by atoms with Gasteiger partial charge in [-0.05, 0) is 54.8 Å². The fraction of sp³-hybridized carbons (Fsp3) is 0.588. The number of rotatable bonds is 4. The Kier molecular flexibility index (Phi) is 4.79. The van der Waals surface area contributed by atoms with E-state index in [9.17, 15) is 4.79 Å². The molecule has 1 aliphatic heterocycles. The van der Waals surface area contributed by atoms with Gasteiger partial charge in [0.1, 0.15) is 0 Å². The first-order valence-electron chi connectivity index (χ1n) is 8.22. The molecule has 1 heterocycles. The number of likely N-dealkylation sites (tertiary alicyclic amines) is 1. The monoisotopic (exact) mass is 332 g/mol. The number of hydrogen-bond donors (Lipinski definition) is 0. The molecule has 1 aliphatic carbocycles. The highest BCUT2D eigenvalue weighted by atomic mass is 35.5. The van der Waals surface area contributed by atoms with Gasteiger partial charge >= 0.3 is 0 Å². The Morgan fingerprint density at radius 1 is 1.35 bits per heavy atom. The molecule has 3 rings (SSSR count). The SMILES string of the molecule is [N-]=[N+]=NCC1CCCN(C(=O)C2(c3ccc(Cl)cc3)CCC2)C1. The molecule has 0 aromatic heterocycles. The highest BCUT2D eigenvalue weighted by Gasteiger charge is 2.48. The van der Waals surface area contributed by atoms with Crippen LogP contribution in [0.15, 0.2) is 29.4 Å². The lowest BCUT2D eigenvalue weighted by Gasteiger charge is -2.46. The molecule has 1 saturated carbocycles. The fourth-order valence-corrected chi connectivity index (χ4v) is 3.90. The van der Waals surface area contributed by atoms with Gasteiger partial charge in [0.15, 0.2) is 0 Å². The van der Waals surface area contributed by atoms with Crippen LogP contribution in [0.2, 0.25) is 5.02 Å². The quantitative estimate of drug-likeness (QED) is 0.460. The minimum atomic E-state index is -0.370. The summed E-state index contributed by atoms with van der Waals surface area (Å²) in [6.07, 6.45) is 4.91. The van der Waals surface area contributed by atoms with Crippen LogP contribution in [0.25, 0.3) is 10.4 Å². The van der Waals surface area contributed by atoms with Crippen molar-refractivity contribution in [3.8, 4) is 0 Å². The first-order chi connectivity index (χ1) is 11.2. The molecule has 1 unspecified atom stereocenters. The van der Waals surface area contributed by atoms with Gasteiger partial charge in [-0.2, -0.15) is 0 Å². The van der Waals surface area contributed by atoms with Crippen LogP contribution >= 0.6 is 11.6 Å². The third kappa shape index (κ3) is 3.17. The van der Waals surface area contributed by atoms with Crippen molar-refractivity contribution >= 4 is 17.5 Å². The lowest BCUT2D eigenvalue weighted by Crippen LogP contribution is -2.53. The average Bonchev–Trinajstić information content (AvgIpc) is 2.54. The Hall–Kier alpha value is -1.71. The van der Waals surface area contributed by atoms with E-state index in [-0.39, 0.29) is 17.2 Å². The van der Waals surface area contributed by atoms with Crippen molar-refractivity contribution in [3.63, 3.8) is 0 Å². The second-order valence-corrected chi connectivity index (χ2v) is 7.05. The molecule has 0 radical (unpaired) electrons. The average molecular weight is 333 g/mol. The molecule has 1 aromatic carbocycles. The van der Waals surface area contributed by atoms with Crippen LogP contribution in [-0.2, 0) is 10.2 Å². The maximum absolute atomic E-state index is 13.2. The van der Waals surface area contributed by atoms with Crippen LogP contribution in [0.4, 0.5) is 0 Å². The minimum absolute atomic E-state index is 0.233. The van der Waals surface area contributed by atoms with Crippen molar-refractivity contribution in [2.24, 2.45) is 11.0 Å². The first kappa shape index (κ1) is 16.2. The van der Waals surface area contributed by atoms with Crippen molar-refractivity contribution in [2.75, 3.05) is 19.6 Å². The third-order valence-electron chi connectivity index (χ3n) is 5.22. The van der Waals surface area contributed by atoms with Gasteiger partial charge in [0.2, 0.25) is 5.91 Å². The Bertz CT molecular complexity index is 620. The molecule has 2 fully saturated rings. The lowest BCUT2D eigenvalue weighted by atomic mass is 9.63. The number of benzene rings is 1. The zero-order chi connectivity index (χ0) is 16.3. The van der Waals surface area contributed by atoms with Gasteiger partial charge in [0, 0.05) is 29.6 Å². The van der Waals surface area contributed by atoms with Crippen LogP contribution in [-0.4, -0.2) is 30.4 Å². The molecule has 1 aromatic rings. The van der Waals surface area contributed by atoms with Crippen LogP contribution < -0.4 is 0 Å². The zero-order valence-electron chi connectivity index (χ0n) is 13.1. The molecule has 5 nitrogen and oxygen atoms in total. The molecule has 0 N–H and O–H groups in total. The molecule has 23 heavy (non-hydrogen) atoms. The predicted molar refractivity (Wildman–Crippen MR) is 90.3 cm³/mol. The van der Waals surface area contributed by atoms with Crippen molar-refractivity contribution in [3.05, 3.63) is 45.3 Å². The van der Waals surface area contributed by atoms with Crippen molar-refractivity contribution in [2.45, 2.75) is 37.5 Å². The predicted octanol–water partition coefficient (Wildman–Crippen LogP) is 4.31. The molecular weight excluding hydrogens is 312 g/mol. The van der Waals surface area contributed by atoms with Gasteiger partial charge in [-0.1, -0.05) is 35.3 Å². The van der Waals surface area contributed by atoms with Gasteiger partial charge in [-0.15, -0.1) is 0 Å². The van der Waals surface area contributed by atoms with E-state index in [0.717, 1.165) is 44.2 Å². The number of piperidine rings is 1. The van der Waals surface area contributed by atoms with E-state index >= 15 is 0 Å². The van der Waals surface area contributed by atoms with Gasteiger partial charge in [0.05, 0.1) is 5.41 Å². The molecule has 122 valence electrons. The molecule has 1 amide bonds. The van der Waals surface area contributed by atoms with E-state index in [2.05, 4.69) is 10.0 Å². The summed E-state index contributed by atoms with van der Waals surface area (Å²) in [4.78, 5) is 18.0. The molecule has 0 bridgehead atoms. The highest BCUT2D eigenvalue weighted by Crippen LogP contribution is 2.46. The standard InChI is InChI=1S/C17H21ClN4O/c18-15-6-4-14(5-7-15)17(8-2-9-17)16(23)22-10-1-3-13(12-22)11-20-21-19/h4-7,13H,1-3,8-12H2. The number of halogens is 1. The summed E-state index contributed by atoms with van der Waals surface area (Å²) in [7, 11) is 0. The zero-order valence-corrected chi connectivity index (χ0v) is 13.9. The largest absolute Gasteiger partial charge is 0.342 e. The molecule has 2 aliphatic rings. The van der Waals surface area contributed by atoms with E-state index in [4.69, 9.17) is 17.1 Å². The van der Waals surface area contributed by atoms with E-state index in [1.165, 1.54) is 0 Å². The third-order valence-corrected chi connectivity index (χ3v) is 5.47. The normalized spacial score (nSPS) is 22.8. The van der Waals surface area contributed by atoms with Crippen molar-refractivity contribution in [1.29, 1.82) is 0 Å². The number of amides is 1. The Balaban J connectivity index is 1.77. The molecule has 0 spiro atoms. The highest BCUT2D eigenvalue weighted by molar-refractivity contribution is 6.30. The summed E-state index contributed by atoms with van der Waals surface area (Å²) in [6, 6.07) is 7.71. The smallest absolute Gasteiger partial charge is 0.233 e. The van der Waals surface area contributed by atoms with Crippen LogP contribution in [0.1, 0.15) is 37.7 Å². The van der Waals surface area contributed by atoms with Gasteiger partial charge in [-0.3, -0.25) is 4.79 Å². The van der Waals surface area contributed by atoms with Crippen LogP contribution in [0.5, 0.6) is 0 Å². The first-order valence-corrected chi connectivity index (χ1v) is 8.60. The maximum atomic E-state index is 13.2. The molecule has 1 saturated heterocycles. The summed E-state index contributed by atoms with van der Waals surface area (Å²) in [5, 5.41) is 4.38. The maximum Gasteiger partial charge on any atom is 0.233 e. The number of nitrogens with zero attached hydrogens (tertiary/aromatic N) is 4. The van der Waals surface area contributed by atoms with Gasteiger partial charge in [-0.25, -0.2) is 0 Å². The van der Waals surface area contributed by atoms with E-state index in [0.29, 0.717) is 18.1 Å². The summed E-state index contributed by atoms with van der Waals surface area (Å²) in [6.45, 7) is 1.99. The number of hydrogen-bond acceptors (Lipinski definition) is 2. The molecular formula is C17H21ClN4O. The van der Waals surface area contributed by atoms with Crippen molar-refractivity contribution < 1.29 is 4.79 Å². The minimum Gasteiger partial charge on any atom is -0.342 e. The summed E-state index contributed by atoms with van der Waals surface area (Å²) in [5.74, 6) is 0.516. The second kappa shape index (κ2) is 6.81. The summed E-state index contributed by atoms with van der Waals surface area (Å²) in [5.41, 5.74) is 9.20. The van der Waals surface area contributed by atoms with Crippen LogP contribution in [0.3, 0.4) is 0 Å². The van der Waals surface area contributed by atoms with E-state index < -0.39 is 0 Å². The Morgan fingerprint density at radius 3 is 2.70 bits per heavy atom. The van der Waals surface area contributed by atoms with Crippen LogP contribution in [0, 0.1) is 5.92 Å². The number of azide groups is 1. The Morgan fingerprint density at radius 2 is 2.09 bits per heavy atom. The van der Waals surface area contributed by atoms with Gasteiger partial charge in [0.25, 0.3) is 0 Å². The number of carbonyl (C=O) groups is 1. The molecule has 6 heteroatoms. The Labute approximate surface area is 141 Å². The van der Waals surface area contributed by atoms with Gasteiger partial charge < -0.3 is 4.90 Å². The molecule has 1 atom stereocenters. The second-order valence-electron chi connectivity index (χ2n) is 6.62. The van der Waals surface area contributed by atoms with Crippen molar-refractivity contribution in [1.82, 2.24) is 4.90 Å². The topological polar surface area (TPSA) is 69.1 Å². The summed E-state index contributed by atoms with van der Waals surface area (Å²) < 4.78 is 0. The summed E-state index contributed by atoms with van der Waals surface area (Å²) >= 11 is 5.98. The fourth-order valence-electron chi connectivity index (χ4n) is 3.78. The lowest BCUT2D eigenvalue weighted by molar-refractivity contribution is -0.142. The van der Waals surface area contributed by atoms with E-state index in [1.54, 1.807) is 0 Å².